The van der Waals surface area contributed by atoms with E-state index in [1.807, 2.05) is 12.3 Å². The van der Waals surface area contributed by atoms with Gasteiger partial charge < -0.3 is 4.90 Å². The summed E-state index contributed by atoms with van der Waals surface area (Å²) in [6, 6.07) is 1.93. The molecule has 1 aromatic rings. The van der Waals surface area contributed by atoms with Gasteiger partial charge in [-0.05, 0) is 35.7 Å². The van der Waals surface area contributed by atoms with Gasteiger partial charge in [0.05, 0.1) is 0 Å². The van der Waals surface area contributed by atoms with Gasteiger partial charge in [-0.15, -0.1) is 0 Å². The smallest absolute Gasteiger partial charge is 0.321 e. The summed E-state index contributed by atoms with van der Waals surface area (Å²) in [7, 11) is 0. The van der Waals surface area contributed by atoms with Gasteiger partial charge in [-0.3, -0.25) is 10.1 Å². The summed E-state index contributed by atoms with van der Waals surface area (Å²) in [6.07, 6.45) is 1.24. The predicted octanol–water partition coefficient (Wildman–Crippen LogP) is 1.62. The van der Waals surface area contributed by atoms with Crippen molar-refractivity contribution in [1.82, 2.24) is 10.2 Å². The number of hydrogen-bond donors (Lipinski definition) is 1. The zero-order chi connectivity index (χ0) is 11.5. The minimum Gasteiger partial charge on any atom is -0.321 e. The van der Waals surface area contributed by atoms with Crippen molar-refractivity contribution in [2.24, 2.45) is 0 Å². The standard InChI is InChI=1S/C11H14N2O2S/c1-8(6-9-3-5-16-7-9)13-4-2-10(14)12-11(13)15/h3,5,7-8H,2,4,6H2,1H3,(H,12,14,15). The maximum atomic E-state index is 11.6. The molecule has 0 aromatic carbocycles. The Hall–Kier alpha value is -1.36. The van der Waals surface area contributed by atoms with E-state index in [-0.39, 0.29) is 18.0 Å². The first-order chi connectivity index (χ1) is 7.66. The summed E-state index contributed by atoms with van der Waals surface area (Å²) in [5, 5.41) is 6.46. The minimum atomic E-state index is -0.265. The molecule has 3 amide bonds. The highest BCUT2D eigenvalue weighted by Crippen LogP contribution is 2.14. The molecular weight excluding hydrogens is 224 g/mol. The van der Waals surface area contributed by atoms with Crippen molar-refractivity contribution in [2.45, 2.75) is 25.8 Å². The SMILES string of the molecule is CC(Cc1ccsc1)N1CCC(=O)NC1=O. The molecule has 5 heteroatoms. The van der Waals surface area contributed by atoms with Crippen molar-refractivity contribution in [3.63, 3.8) is 0 Å². The quantitative estimate of drug-likeness (QED) is 0.870. The van der Waals surface area contributed by atoms with Gasteiger partial charge >= 0.3 is 6.03 Å². The second-order valence-electron chi connectivity index (χ2n) is 3.98. The molecular formula is C11H14N2O2S. The zero-order valence-electron chi connectivity index (χ0n) is 9.10. The van der Waals surface area contributed by atoms with E-state index in [9.17, 15) is 9.59 Å². The first kappa shape index (κ1) is 11.1. The number of imide groups is 1. The molecule has 0 radical (unpaired) electrons. The Bertz CT molecular complexity index is 389. The molecule has 16 heavy (non-hydrogen) atoms. The summed E-state index contributed by atoms with van der Waals surface area (Å²) in [4.78, 5) is 24.3. The summed E-state index contributed by atoms with van der Waals surface area (Å²) in [5.74, 6) is -0.177. The molecule has 1 aliphatic heterocycles. The largest absolute Gasteiger partial charge is 0.324 e. The number of amides is 3. The van der Waals surface area contributed by atoms with Crippen LogP contribution in [0, 0.1) is 0 Å². The van der Waals surface area contributed by atoms with Gasteiger partial charge in [0.2, 0.25) is 5.91 Å². The summed E-state index contributed by atoms with van der Waals surface area (Å²) in [6.45, 7) is 2.53. The van der Waals surface area contributed by atoms with Crippen molar-refractivity contribution in [1.29, 1.82) is 0 Å². The molecule has 1 N–H and O–H groups in total. The molecule has 1 aromatic heterocycles. The lowest BCUT2D eigenvalue weighted by molar-refractivity contribution is -0.121. The lowest BCUT2D eigenvalue weighted by Crippen LogP contribution is -2.53. The summed E-state index contributed by atoms with van der Waals surface area (Å²) in [5.41, 5.74) is 1.24. The van der Waals surface area contributed by atoms with Crippen LogP contribution in [-0.2, 0) is 11.2 Å². The Morgan fingerprint density at radius 1 is 1.56 bits per heavy atom. The van der Waals surface area contributed by atoms with Gasteiger partial charge in [-0.25, -0.2) is 4.79 Å². The highest BCUT2D eigenvalue weighted by molar-refractivity contribution is 7.07. The van der Waals surface area contributed by atoms with Crippen molar-refractivity contribution >= 4 is 23.3 Å². The van der Waals surface area contributed by atoms with Crippen molar-refractivity contribution in [3.8, 4) is 0 Å². The van der Waals surface area contributed by atoms with Crippen LogP contribution in [0.5, 0.6) is 0 Å². The van der Waals surface area contributed by atoms with E-state index in [0.29, 0.717) is 13.0 Å². The third-order valence-electron chi connectivity index (χ3n) is 2.73. The lowest BCUT2D eigenvalue weighted by Gasteiger charge is -2.31. The first-order valence-corrected chi connectivity index (χ1v) is 6.22. The van der Waals surface area contributed by atoms with E-state index >= 15 is 0 Å². The number of rotatable bonds is 3. The molecule has 2 heterocycles. The fourth-order valence-electron chi connectivity index (χ4n) is 1.86. The van der Waals surface area contributed by atoms with Crippen molar-refractivity contribution in [3.05, 3.63) is 22.4 Å². The number of nitrogens with zero attached hydrogens (tertiary/aromatic N) is 1. The maximum Gasteiger partial charge on any atom is 0.324 e. The summed E-state index contributed by atoms with van der Waals surface area (Å²) >= 11 is 1.66. The minimum absolute atomic E-state index is 0.127. The molecule has 0 bridgehead atoms. The van der Waals surface area contributed by atoms with Crippen LogP contribution in [0.4, 0.5) is 4.79 Å². The van der Waals surface area contributed by atoms with Gasteiger partial charge in [-0.1, -0.05) is 0 Å². The van der Waals surface area contributed by atoms with Crippen molar-refractivity contribution < 1.29 is 9.59 Å². The van der Waals surface area contributed by atoms with Crippen molar-refractivity contribution in [2.75, 3.05) is 6.54 Å². The third kappa shape index (κ3) is 2.41. The van der Waals surface area contributed by atoms with Crippen LogP contribution in [0.1, 0.15) is 18.9 Å². The molecule has 2 rings (SSSR count). The van der Waals surface area contributed by atoms with E-state index in [4.69, 9.17) is 0 Å². The number of carbonyl (C=O) groups is 2. The summed E-state index contributed by atoms with van der Waals surface area (Å²) < 4.78 is 0. The molecule has 4 nitrogen and oxygen atoms in total. The monoisotopic (exact) mass is 238 g/mol. The number of thiophene rings is 1. The number of urea groups is 1. The van der Waals surface area contributed by atoms with Crippen LogP contribution in [-0.4, -0.2) is 29.4 Å². The first-order valence-electron chi connectivity index (χ1n) is 5.28. The maximum absolute atomic E-state index is 11.6. The molecule has 1 aliphatic rings. The van der Waals surface area contributed by atoms with Crippen LogP contribution < -0.4 is 5.32 Å². The van der Waals surface area contributed by atoms with Crippen LogP contribution >= 0.6 is 11.3 Å². The topological polar surface area (TPSA) is 49.4 Å². The molecule has 0 aliphatic carbocycles. The Morgan fingerprint density at radius 2 is 2.38 bits per heavy atom. The molecule has 1 fully saturated rings. The fourth-order valence-corrected chi connectivity index (χ4v) is 2.54. The van der Waals surface area contributed by atoms with Gasteiger partial charge in [-0.2, -0.15) is 11.3 Å². The van der Waals surface area contributed by atoms with Gasteiger partial charge in [0, 0.05) is 19.0 Å². The third-order valence-corrected chi connectivity index (χ3v) is 3.46. The average Bonchev–Trinajstić information content (AvgIpc) is 2.70. The van der Waals surface area contributed by atoms with Gasteiger partial charge in [0.1, 0.15) is 0 Å². The molecule has 1 saturated heterocycles. The van der Waals surface area contributed by atoms with Gasteiger partial charge in [0.25, 0.3) is 0 Å². The fraction of sp³-hybridized carbons (Fsp3) is 0.455. The van der Waals surface area contributed by atoms with Crippen LogP contribution in [0.25, 0.3) is 0 Å². The van der Waals surface area contributed by atoms with Gasteiger partial charge in [0.15, 0.2) is 0 Å². The average molecular weight is 238 g/mol. The zero-order valence-corrected chi connectivity index (χ0v) is 9.92. The Labute approximate surface area is 98.3 Å². The lowest BCUT2D eigenvalue weighted by atomic mass is 10.1. The van der Waals surface area contributed by atoms with E-state index in [0.717, 1.165) is 6.42 Å². The molecule has 1 unspecified atom stereocenters. The molecule has 86 valence electrons. The van der Waals surface area contributed by atoms with Crippen LogP contribution in [0.3, 0.4) is 0 Å². The number of hydrogen-bond acceptors (Lipinski definition) is 3. The van der Waals surface area contributed by atoms with E-state index < -0.39 is 0 Å². The second kappa shape index (κ2) is 4.65. The second-order valence-corrected chi connectivity index (χ2v) is 4.76. The molecule has 1 atom stereocenters. The number of nitrogens with one attached hydrogen (secondary N) is 1. The van der Waals surface area contributed by atoms with E-state index in [1.165, 1.54) is 5.56 Å². The van der Waals surface area contributed by atoms with Crippen LogP contribution in [0.2, 0.25) is 0 Å². The number of carbonyl (C=O) groups excluding carboxylic acids is 2. The van der Waals surface area contributed by atoms with E-state index in [2.05, 4.69) is 16.8 Å². The predicted molar refractivity (Wildman–Crippen MR) is 62.3 cm³/mol. The Morgan fingerprint density at radius 3 is 3.00 bits per heavy atom. The van der Waals surface area contributed by atoms with E-state index in [1.54, 1.807) is 16.2 Å². The molecule has 0 spiro atoms. The Kier molecular flexibility index (Phi) is 3.24. The Balaban J connectivity index is 1.96. The highest BCUT2D eigenvalue weighted by atomic mass is 32.1. The highest BCUT2D eigenvalue weighted by Gasteiger charge is 2.26. The normalized spacial score (nSPS) is 18.4. The molecule has 0 saturated carbocycles. The van der Waals surface area contributed by atoms with Crippen LogP contribution in [0.15, 0.2) is 16.8 Å².